The number of nitrogens with zero attached hydrogens (tertiary/aromatic N) is 3. The van der Waals surface area contributed by atoms with Gasteiger partial charge in [0.25, 0.3) is 0 Å². The molecule has 0 bridgehead atoms. The normalized spacial score (nSPS) is 14.5. The number of anilines is 1. The van der Waals surface area contributed by atoms with Crippen LogP contribution >= 0.6 is 11.3 Å². The van der Waals surface area contributed by atoms with Crippen LogP contribution in [0.15, 0.2) is 30.6 Å². The van der Waals surface area contributed by atoms with Gasteiger partial charge in [-0.1, -0.05) is 0 Å². The average Bonchev–Trinajstić information content (AvgIpc) is 3.21. The third-order valence-corrected chi connectivity index (χ3v) is 6.92. The smallest absolute Gasteiger partial charge is 0.410 e. The van der Waals surface area contributed by atoms with Gasteiger partial charge in [-0.05, 0) is 52.7 Å². The van der Waals surface area contributed by atoms with Crippen molar-refractivity contribution in [1.29, 1.82) is 0 Å². The Bertz CT molecular complexity index is 1230. The van der Waals surface area contributed by atoms with Crippen LogP contribution in [0, 0.1) is 0 Å². The molecule has 1 aliphatic heterocycles. The zero-order valence-corrected chi connectivity index (χ0v) is 22.1. The summed E-state index contributed by atoms with van der Waals surface area (Å²) >= 11 is 1.53. The second-order valence-corrected chi connectivity index (χ2v) is 10.6. The highest BCUT2D eigenvalue weighted by molar-refractivity contribution is 7.22. The fourth-order valence-electron chi connectivity index (χ4n) is 4.03. The molecule has 0 aliphatic carbocycles. The Hall–Kier alpha value is -3.40. The van der Waals surface area contributed by atoms with E-state index in [9.17, 15) is 9.59 Å². The van der Waals surface area contributed by atoms with Crippen molar-refractivity contribution in [2.24, 2.45) is 0 Å². The number of pyridine rings is 2. The number of hydrogen-bond acceptors (Lipinski definition) is 9. The Balaban J connectivity index is 1.62. The van der Waals surface area contributed by atoms with Crippen LogP contribution in [-0.4, -0.2) is 65.4 Å². The van der Waals surface area contributed by atoms with Crippen molar-refractivity contribution in [2.45, 2.75) is 52.2 Å². The van der Waals surface area contributed by atoms with Crippen molar-refractivity contribution in [3.05, 3.63) is 36.2 Å². The van der Waals surface area contributed by atoms with Gasteiger partial charge in [-0.15, -0.1) is 11.3 Å². The summed E-state index contributed by atoms with van der Waals surface area (Å²) in [4.78, 5) is 37.3. The first-order valence-electron chi connectivity index (χ1n) is 12.0. The van der Waals surface area contributed by atoms with E-state index < -0.39 is 11.6 Å². The Labute approximate surface area is 214 Å². The molecule has 0 saturated carbocycles. The van der Waals surface area contributed by atoms with Gasteiger partial charge in [-0.2, -0.15) is 0 Å². The molecule has 36 heavy (non-hydrogen) atoms. The number of likely N-dealkylation sites (tertiary alicyclic amines) is 1. The van der Waals surface area contributed by atoms with E-state index >= 15 is 0 Å². The molecule has 3 aromatic rings. The largest absolute Gasteiger partial charge is 0.481 e. The second kappa shape index (κ2) is 10.7. The van der Waals surface area contributed by atoms with Gasteiger partial charge in [0.2, 0.25) is 5.88 Å². The first kappa shape index (κ1) is 25.7. The lowest BCUT2D eigenvalue weighted by atomic mass is 10.0. The molecule has 1 saturated heterocycles. The molecule has 9 nitrogen and oxygen atoms in total. The van der Waals surface area contributed by atoms with Crippen LogP contribution in [-0.2, 0) is 9.47 Å². The van der Waals surface area contributed by atoms with E-state index in [1.165, 1.54) is 11.3 Å². The summed E-state index contributed by atoms with van der Waals surface area (Å²) in [7, 11) is 1.58. The number of esters is 1. The van der Waals surface area contributed by atoms with E-state index in [2.05, 4.69) is 15.3 Å². The van der Waals surface area contributed by atoms with Crippen molar-refractivity contribution in [2.75, 3.05) is 32.1 Å². The molecule has 1 aliphatic rings. The molecular weight excluding hydrogens is 480 g/mol. The van der Waals surface area contributed by atoms with Crippen LogP contribution in [0.1, 0.15) is 50.9 Å². The van der Waals surface area contributed by atoms with Crippen molar-refractivity contribution < 1.29 is 23.8 Å². The zero-order valence-electron chi connectivity index (χ0n) is 21.3. The Morgan fingerprint density at radius 2 is 1.92 bits per heavy atom. The number of carbonyl (C=O) groups excluding carboxylic acids is 2. The van der Waals surface area contributed by atoms with Gasteiger partial charge in [-0.25, -0.2) is 19.6 Å². The summed E-state index contributed by atoms with van der Waals surface area (Å²) in [6.45, 7) is 8.88. The zero-order chi connectivity index (χ0) is 25.9. The Kier molecular flexibility index (Phi) is 7.63. The highest BCUT2D eigenvalue weighted by Crippen LogP contribution is 2.43. The van der Waals surface area contributed by atoms with Crippen LogP contribution in [0.4, 0.5) is 10.5 Å². The third-order valence-electron chi connectivity index (χ3n) is 5.76. The van der Waals surface area contributed by atoms with Gasteiger partial charge in [0.05, 0.1) is 29.8 Å². The predicted molar refractivity (Wildman–Crippen MR) is 140 cm³/mol. The number of hydrogen-bond donors (Lipinski definition) is 1. The van der Waals surface area contributed by atoms with E-state index in [0.29, 0.717) is 31.1 Å². The minimum Gasteiger partial charge on any atom is -0.481 e. The van der Waals surface area contributed by atoms with Crippen LogP contribution in [0.2, 0.25) is 0 Å². The highest BCUT2D eigenvalue weighted by atomic mass is 32.1. The first-order chi connectivity index (χ1) is 17.2. The maximum atomic E-state index is 12.5. The van der Waals surface area contributed by atoms with Gasteiger partial charge in [-0.3, -0.25) is 0 Å². The second-order valence-electron chi connectivity index (χ2n) is 9.58. The molecule has 0 aromatic carbocycles. The minimum atomic E-state index is -0.521. The van der Waals surface area contributed by atoms with E-state index in [1.807, 2.05) is 39.0 Å². The molecule has 0 atom stereocenters. The molecule has 1 fully saturated rings. The van der Waals surface area contributed by atoms with E-state index in [0.717, 1.165) is 39.2 Å². The monoisotopic (exact) mass is 512 g/mol. The molecule has 3 aromatic heterocycles. The predicted octanol–water partition coefficient (Wildman–Crippen LogP) is 5.36. The topological polar surface area (TPSA) is 103 Å². The van der Waals surface area contributed by atoms with Gasteiger partial charge in [0.1, 0.15) is 10.4 Å². The maximum absolute atomic E-state index is 12.5. The molecule has 0 unspecified atom stereocenters. The third kappa shape index (κ3) is 5.87. The van der Waals surface area contributed by atoms with Crippen molar-refractivity contribution in [3.63, 3.8) is 0 Å². The number of fused-ring (bicyclic) bond motifs is 1. The summed E-state index contributed by atoms with van der Waals surface area (Å²) in [5, 5.41) is 4.54. The Morgan fingerprint density at radius 1 is 1.17 bits per heavy atom. The molecule has 0 spiro atoms. The lowest BCUT2D eigenvalue weighted by Crippen LogP contribution is -2.44. The molecule has 4 heterocycles. The van der Waals surface area contributed by atoms with Crippen LogP contribution in [0.3, 0.4) is 0 Å². The SMILES string of the molecule is CCOC(=O)c1cnc2sc(-c3ccc(OC)nc3)c(NC3CCN(C(=O)OC(C)(C)C)CC3)c2c1. The molecule has 4 rings (SSSR count). The molecule has 10 heteroatoms. The standard InChI is InChI=1S/C26H32N4O5S/c1-6-34-24(31)17-13-19-21(29-18-9-11-30(12-10-18)25(32)35-26(2,3)4)22(36-23(19)28-15-17)16-7-8-20(33-5)27-14-16/h7-8,13-15,18,29H,6,9-12H2,1-5H3. The van der Waals surface area contributed by atoms with Crippen molar-refractivity contribution >= 4 is 39.3 Å². The fraction of sp³-hybridized carbons (Fsp3) is 0.462. The summed E-state index contributed by atoms with van der Waals surface area (Å²) in [5.41, 5.74) is 1.71. The number of aromatic nitrogens is 2. The summed E-state index contributed by atoms with van der Waals surface area (Å²) in [6, 6.07) is 5.74. The van der Waals surface area contributed by atoms with Gasteiger partial charge < -0.3 is 24.4 Å². The summed E-state index contributed by atoms with van der Waals surface area (Å²) < 4.78 is 15.9. The number of nitrogens with one attached hydrogen (secondary N) is 1. The van der Waals surface area contributed by atoms with Crippen molar-refractivity contribution in [3.8, 4) is 16.3 Å². The molecule has 1 N–H and O–H groups in total. The number of amides is 1. The number of thiophene rings is 1. The van der Waals surface area contributed by atoms with E-state index in [-0.39, 0.29) is 12.1 Å². The van der Waals surface area contributed by atoms with Gasteiger partial charge >= 0.3 is 12.1 Å². The van der Waals surface area contributed by atoms with Gasteiger partial charge in [0.15, 0.2) is 0 Å². The van der Waals surface area contributed by atoms with Crippen molar-refractivity contribution in [1.82, 2.24) is 14.9 Å². The minimum absolute atomic E-state index is 0.137. The highest BCUT2D eigenvalue weighted by Gasteiger charge is 2.28. The lowest BCUT2D eigenvalue weighted by molar-refractivity contribution is 0.0210. The molecular formula is C26H32N4O5S. The Morgan fingerprint density at radius 3 is 2.53 bits per heavy atom. The number of piperidine rings is 1. The number of ether oxygens (including phenoxy) is 3. The first-order valence-corrected chi connectivity index (χ1v) is 12.8. The molecule has 192 valence electrons. The maximum Gasteiger partial charge on any atom is 0.410 e. The van der Waals surface area contributed by atoms with Crippen LogP contribution in [0.25, 0.3) is 20.7 Å². The van der Waals surface area contributed by atoms with E-state index in [1.54, 1.807) is 31.3 Å². The fourth-order valence-corrected chi connectivity index (χ4v) is 5.11. The average molecular weight is 513 g/mol. The number of rotatable bonds is 6. The molecule has 0 radical (unpaired) electrons. The van der Waals surface area contributed by atoms with Gasteiger partial charge in [0, 0.05) is 48.5 Å². The van der Waals surface area contributed by atoms with E-state index in [4.69, 9.17) is 14.2 Å². The quantitative estimate of drug-likeness (QED) is 0.441. The van der Waals surface area contributed by atoms with Crippen LogP contribution in [0.5, 0.6) is 5.88 Å². The lowest BCUT2D eigenvalue weighted by Gasteiger charge is -2.34. The van der Waals surface area contributed by atoms with Crippen LogP contribution < -0.4 is 10.1 Å². The molecule has 1 amide bonds. The summed E-state index contributed by atoms with van der Waals surface area (Å²) in [5.74, 6) is 0.133. The summed E-state index contributed by atoms with van der Waals surface area (Å²) in [6.07, 6.45) is 4.57. The number of methoxy groups -OCH3 is 1. The number of carbonyl (C=O) groups is 2.